The van der Waals surface area contributed by atoms with E-state index in [2.05, 4.69) is 39.0 Å². The first-order valence-electron chi connectivity index (χ1n) is 10.8. The summed E-state index contributed by atoms with van der Waals surface area (Å²) in [4.78, 5) is 12.2. The van der Waals surface area contributed by atoms with E-state index < -0.39 is 17.5 Å². The first-order valence-corrected chi connectivity index (χ1v) is 10.8. The second kappa shape index (κ2) is 11.4. The Morgan fingerprint density at radius 2 is 1.81 bits per heavy atom. The summed E-state index contributed by atoms with van der Waals surface area (Å²) in [5, 5.41) is 19.8. The molecule has 2 rings (SSSR count). The average molecular weight is 439 g/mol. The lowest BCUT2D eigenvalue weighted by molar-refractivity contribution is 0.0542. The highest BCUT2D eigenvalue weighted by Crippen LogP contribution is 2.37. The Morgan fingerprint density at radius 1 is 1.12 bits per heavy atom. The zero-order valence-corrected chi connectivity index (χ0v) is 19.6. The SMILES string of the molecule is COc1cc(O)c(C(=O)OC/C=C(C)/C=C/C=C(C)/C=C/C2=CCCCC2(C)C)c(O)c1. The Bertz CT molecular complexity index is 951. The number of ether oxygens (including phenoxy) is 2. The second-order valence-electron chi connectivity index (χ2n) is 8.63. The van der Waals surface area contributed by atoms with E-state index in [0.29, 0.717) is 0 Å². The quantitative estimate of drug-likeness (QED) is 0.362. The molecular formula is C27H34O5. The number of hydrogen-bond acceptors (Lipinski definition) is 5. The molecule has 2 N–H and O–H groups in total. The predicted octanol–water partition coefficient (Wildman–Crippen LogP) is 6.40. The molecule has 0 aromatic heterocycles. The van der Waals surface area contributed by atoms with Crippen LogP contribution in [0.15, 0.2) is 71.4 Å². The zero-order valence-electron chi connectivity index (χ0n) is 19.6. The van der Waals surface area contributed by atoms with Gasteiger partial charge in [-0.05, 0) is 50.2 Å². The maximum absolute atomic E-state index is 12.2. The van der Waals surface area contributed by atoms with Gasteiger partial charge in [-0.15, -0.1) is 0 Å². The summed E-state index contributed by atoms with van der Waals surface area (Å²) in [5.74, 6) is -1.35. The monoisotopic (exact) mass is 438 g/mol. The Labute approximate surface area is 191 Å². The number of aromatic hydroxyl groups is 2. The summed E-state index contributed by atoms with van der Waals surface area (Å²) in [7, 11) is 1.40. The Morgan fingerprint density at radius 3 is 2.44 bits per heavy atom. The van der Waals surface area contributed by atoms with Gasteiger partial charge in [-0.3, -0.25) is 0 Å². The third-order valence-electron chi connectivity index (χ3n) is 5.53. The van der Waals surface area contributed by atoms with Crippen LogP contribution in [-0.4, -0.2) is 29.9 Å². The van der Waals surface area contributed by atoms with Crippen LogP contribution in [-0.2, 0) is 4.74 Å². The van der Waals surface area contributed by atoms with Crippen molar-refractivity contribution in [2.75, 3.05) is 13.7 Å². The number of methoxy groups -OCH3 is 1. The standard InChI is InChI=1S/C27H34O5/c1-19(12-13-21-11-6-7-15-27(21,3)4)9-8-10-20(2)14-16-32-26(30)25-23(28)17-22(31-5)18-24(25)29/h8-14,17-18,28-29H,6-7,15-16H2,1-5H3/b10-8+,13-12+,19-9+,20-14+. The van der Waals surface area contributed by atoms with Crippen LogP contribution < -0.4 is 4.74 Å². The lowest BCUT2D eigenvalue weighted by Crippen LogP contribution is -2.16. The average Bonchev–Trinajstić information content (AvgIpc) is 2.72. The molecule has 5 heteroatoms. The van der Waals surface area contributed by atoms with Gasteiger partial charge in [-0.2, -0.15) is 0 Å². The first kappa shape index (κ1) is 25.1. The van der Waals surface area contributed by atoms with Crippen LogP contribution in [0.2, 0.25) is 0 Å². The number of rotatable bonds is 8. The molecule has 1 aliphatic carbocycles. The molecule has 0 saturated carbocycles. The Kier molecular flexibility index (Phi) is 8.94. The van der Waals surface area contributed by atoms with Crippen LogP contribution in [0.25, 0.3) is 0 Å². The smallest absolute Gasteiger partial charge is 0.346 e. The highest BCUT2D eigenvalue weighted by atomic mass is 16.5. The van der Waals surface area contributed by atoms with E-state index in [1.807, 2.05) is 25.2 Å². The van der Waals surface area contributed by atoms with Crippen molar-refractivity contribution in [3.05, 3.63) is 76.9 Å². The van der Waals surface area contributed by atoms with Crippen LogP contribution >= 0.6 is 0 Å². The molecule has 0 spiro atoms. The van der Waals surface area contributed by atoms with Crippen molar-refractivity contribution in [1.29, 1.82) is 0 Å². The minimum Gasteiger partial charge on any atom is -0.507 e. The van der Waals surface area contributed by atoms with E-state index >= 15 is 0 Å². The first-order chi connectivity index (χ1) is 15.1. The summed E-state index contributed by atoms with van der Waals surface area (Å²) < 4.78 is 10.1. The molecule has 1 aromatic carbocycles. The van der Waals surface area contributed by atoms with Crippen LogP contribution in [0.1, 0.15) is 57.3 Å². The van der Waals surface area contributed by atoms with Crippen molar-refractivity contribution in [3.8, 4) is 17.2 Å². The maximum Gasteiger partial charge on any atom is 0.346 e. The van der Waals surface area contributed by atoms with E-state index in [4.69, 9.17) is 9.47 Å². The van der Waals surface area contributed by atoms with E-state index in [0.717, 1.165) is 17.6 Å². The molecule has 0 fully saturated rings. The number of esters is 1. The normalized spacial score (nSPS) is 17.0. The molecule has 0 aliphatic heterocycles. The molecule has 0 amide bonds. The summed E-state index contributed by atoms with van der Waals surface area (Å²) >= 11 is 0. The maximum atomic E-state index is 12.2. The highest BCUT2D eigenvalue weighted by molar-refractivity contribution is 5.95. The topological polar surface area (TPSA) is 76.0 Å². The molecule has 32 heavy (non-hydrogen) atoms. The fraction of sp³-hybridized carbons (Fsp3) is 0.370. The number of allylic oxidation sites excluding steroid dienone is 9. The fourth-order valence-electron chi connectivity index (χ4n) is 3.45. The molecule has 0 saturated heterocycles. The van der Waals surface area contributed by atoms with Crippen LogP contribution in [0.5, 0.6) is 17.2 Å². The second-order valence-corrected chi connectivity index (χ2v) is 8.63. The lowest BCUT2D eigenvalue weighted by Gasteiger charge is -2.30. The minimum atomic E-state index is -0.809. The molecule has 1 aliphatic rings. The molecule has 172 valence electrons. The number of carbonyl (C=O) groups is 1. The van der Waals surface area contributed by atoms with Gasteiger partial charge in [0.1, 0.15) is 29.4 Å². The van der Waals surface area contributed by atoms with Gasteiger partial charge < -0.3 is 19.7 Å². The van der Waals surface area contributed by atoms with Crippen molar-refractivity contribution >= 4 is 5.97 Å². The highest BCUT2D eigenvalue weighted by Gasteiger charge is 2.23. The molecule has 0 radical (unpaired) electrons. The van der Waals surface area contributed by atoms with Gasteiger partial charge in [0, 0.05) is 12.1 Å². The van der Waals surface area contributed by atoms with Crippen LogP contribution in [0.3, 0.4) is 0 Å². The third kappa shape index (κ3) is 7.19. The zero-order chi connectivity index (χ0) is 23.7. The van der Waals surface area contributed by atoms with Gasteiger partial charge in [0.2, 0.25) is 0 Å². The van der Waals surface area contributed by atoms with Crippen LogP contribution in [0, 0.1) is 5.41 Å². The van der Waals surface area contributed by atoms with Gasteiger partial charge in [0.15, 0.2) is 0 Å². The molecule has 5 nitrogen and oxygen atoms in total. The van der Waals surface area contributed by atoms with E-state index in [-0.39, 0.29) is 23.3 Å². The third-order valence-corrected chi connectivity index (χ3v) is 5.53. The molecule has 0 heterocycles. The summed E-state index contributed by atoms with van der Waals surface area (Å²) in [5.41, 5.74) is 3.42. The Balaban J connectivity index is 1.90. The summed E-state index contributed by atoms with van der Waals surface area (Å²) in [6, 6.07) is 2.49. The van der Waals surface area contributed by atoms with Crippen molar-refractivity contribution in [1.82, 2.24) is 0 Å². The number of hydrogen-bond donors (Lipinski definition) is 2. The molecule has 0 unspecified atom stereocenters. The molecule has 0 bridgehead atoms. The van der Waals surface area contributed by atoms with Crippen molar-refractivity contribution in [2.24, 2.45) is 5.41 Å². The number of carbonyl (C=O) groups excluding carboxylic acids is 1. The van der Waals surface area contributed by atoms with Gasteiger partial charge in [-0.1, -0.05) is 61.4 Å². The Hall–Kier alpha value is -3.21. The lowest BCUT2D eigenvalue weighted by atomic mass is 9.75. The fourth-order valence-corrected chi connectivity index (χ4v) is 3.45. The largest absolute Gasteiger partial charge is 0.507 e. The van der Waals surface area contributed by atoms with E-state index in [1.165, 1.54) is 37.7 Å². The van der Waals surface area contributed by atoms with Crippen molar-refractivity contribution in [3.63, 3.8) is 0 Å². The summed E-state index contributed by atoms with van der Waals surface area (Å²) in [6.45, 7) is 8.57. The van der Waals surface area contributed by atoms with Gasteiger partial charge in [0.05, 0.1) is 7.11 Å². The minimum absolute atomic E-state index is 0.0196. The summed E-state index contributed by atoms with van der Waals surface area (Å²) in [6.07, 6.45) is 18.0. The molecule has 0 atom stereocenters. The van der Waals surface area contributed by atoms with E-state index in [1.54, 1.807) is 6.08 Å². The van der Waals surface area contributed by atoms with Gasteiger partial charge in [-0.25, -0.2) is 4.79 Å². The van der Waals surface area contributed by atoms with Crippen molar-refractivity contribution < 1.29 is 24.5 Å². The van der Waals surface area contributed by atoms with Gasteiger partial charge in [0.25, 0.3) is 0 Å². The number of phenols is 2. The predicted molar refractivity (Wildman–Crippen MR) is 128 cm³/mol. The van der Waals surface area contributed by atoms with E-state index in [9.17, 15) is 15.0 Å². The molecule has 1 aromatic rings. The van der Waals surface area contributed by atoms with Crippen molar-refractivity contribution in [2.45, 2.75) is 47.0 Å². The molecular weight excluding hydrogens is 404 g/mol. The van der Waals surface area contributed by atoms with Crippen LogP contribution in [0.4, 0.5) is 0 Å². The number of benzene rings is 1. The number of phenolic OH excluding ortho intramolecular Hbond substituents is 2. The van der Waals surface area contributed by atoms with Gasteiger partial charge >= 0.3 is 5.97 Å².